The van der Waals surface area contributed by atoms with Gasteiger partial charge in [-0.2, -0.15) is 0 Å². The molecule has 0 unspecified atom stereocenters. The zero-order chi connectivity index (χ0) is 15.2. The molecule has 0 amide bonds. The van der Waals surface area contributed by atoms with Crippen molar-refractivity contribution >= 4 is 39.8 Å². The van der Waals surface area contributed by atoms with Crippen LogP contribution in [0.15, 0.2) is 29.3 Å². The predicted octanol–water partition coefficient (Wildman–Crippen LogP) is 1.92. The van der Waals surface area contributed by atoms with Gasteiger partial charge in [0.2, 0.25) is 0 Å². The van der Waals surface area contributed by atoms with E-state index in [1.165, 1.54) is 6.26 Å². The van der Waals surface area contributed by atoms with Gasteiger partial charge in [-0.15, -0.1) is 24.0 Å². The van der Waals surface area contributed by atoms with Gasteiger partial charge in [0.25, 0.3) is 0 Å². The number of aliphatic imine (C=N–C) groups is 1. The standard InChI is InChI=1S/C14H23N3O2S.HI/c1-11(2)17-14(15-3)16-9-12-5-7-13(8-6-12)10-20(4,18)19;/h5-8,11H,9-10H2,1-4H3,(H2,15,16,17);1H. The van der Waals surface area contributed by atoms with Crippen molar-refractivity contribution in [1.29, 1.82) is 0 Å². The summed E-state index contributed by atoms with van der Waals surface area (Å²) in [6.45, 7) is 4.74. The minimum Gasteiger partial charge on any atom is -0.354 e. The first-order valence-electron chi connectivity index (χ1n) is 6.53. The molecule has 0 aliphatic carbocycles. The highest BCUT2D eigenvalue weighted by molar-refractivity contribution is 14.0. The van der Waals surface area contributed by atoms with E-state index < -0.39 is 9.84 Å². The number of nitrogens with zero attached hydrogens (tertiary/aromatic N) is 1. The Labute approximate surface area is 144 Å². The van der Waals surface area contributed by atoms with Crippen molar-refractivity contribution in [3.63, 3.8) is 0 Å². The summed E-state index contributed by atoms with van der Waals surface area (Å²) < 4.78 is 22.4. The molecule has 0 atom stereocenters. The Kier molecular flexibility index (Phi) is 8.88. The van der Waals surface area contributed by atoms with Crippen molar-refractivity contribution in [2.24, 2.45) is 4.99 Å². The molecule has 0 radical (unpaired) electrons. The van der Waals surface area contributed by atoms with Crippen LogP contribution in [0.5, 0.6) is 0 Å². The van der Waals surface area contributed by atoms with Crippen LogP contribution in [0.4, 0.5) is 0 Å². The Morgan fingerprint density at radius 2 is 1.71 bits per heavy atom. The average Bonchev–Trinajstić information content (AvgIpc) is 2.34. The van der Waals surface area contributed by atoms with Crippen LogP contribution < -0.4 is 10.6 Å². The Morgan fingerprint density at radius 1 is 1.19 bits per heavy atom. The fraction of sp³-hybridized carbons (Fsp3) is 0.500. The fourth-order valence-electron chi connectivity index (χ4n) is 1.71. The Balaban J connectivity index is 0.00000400. The van der Waals surface area contributed by atoms with E-state index in [-0.39, 0.29) is 29.7 Å². The van der Waals surface area contributed by atoms with Gasteiger partial charge in [0.15, 0.2) is 15.8 Å². The molecule has 1 aromatic rings. The molecule has 0 aliphatic heterocycles. The SMILES string of the molecule is CN=C(NCc1ccc(CS(C)(=O)=O)cc1)NC(C)C.I. The maximum absolute atomic E-state index is 11.2. The van der Waals surface area contributed by atoms with Crippen molar-refractivity contribution in [3.8, 4) is 0 Å². The fourth-order valence-corrected chi connectivity index (χ4v) is 2.51. The number of guanidine groups is 1. The zero-order valence-corrected chi connectivity index (χ0v) is 16.0. The lowest BCUT2D eigenvalue weighted by molar-refractivity contribution is 0.601. The summed E-state index contributed by atoms with van der Waals surface area (Å²) in [5.74, 6) is 0.831. The van der Waals surface area contributed by atoms with Gasteiger partial charge >= 0.3 is 0 Å². The largest absolute Gasteiger partial charge is 0.354 e. The molecule has 21 heavy (non-hydrogen) atoms. The van der Waals surface area contributed by atoms with Crippen molar-refractivity contribution in [2.75, 3.05) is 13.3 Å². The summed E-state index contributed by atoms with van der Waals surface area (Å²) in [7, 11) is -1.25. The van der Waals surface area contributed by atoms with Crippen LogP contribution in [0.1, 0.15) is 25.0 Å². The highest BCUT2D eigenvalue weighted by atomic mass is 127. The van der Waals surface area contributed by atoms with Crippen LogP contribution >= 0.6 is 24.0 Å². The van der Waals surface area contributed by atoms with Gasteiger partial charge in [0, 0.05) is 25.9 Å². The molecule has 0 aliphatic rings. The molecule has 0 fully saturated rings. The van der Waals surface area contributed by atoms with E-state index >= 15 is 0 Å². The quantitative estimate of drug-likeness (QED) is 0.430. The lowest BCUT2D eigenvalue weighted by Gasteiger charge is -2.14. The average molecular weight is 425 g/mol. The van der Waals surface area contributed by atoms with E-state index in [4.69, 9.17) is 0 Å². The van der Waals surface area contributed by atoms with Crippen molar-refractivity contribution in [1.82, 2.24) is 10.6 Å². The number of nitrogens with one attached hydrogen (secondary N) is 2. The van der Waals surface area contributed by atoms with E-state index in [1.54, 1.807) is 7.05 Å². The zero-order valence-electron chi connectivity index (χ0n) is 12.9. The normalized spacial score (nSPS) is 12.0. The van der Waals surface area contributed by atoms with Crippen molar-refractivity contribution < 1.29 is 8.42 Å². The Hall–Kier alpha value is -0.830. The summed E-state index contributed by atoms with van der Waals surface area (Å²) in [5.41, 5.74) is 1.88. The van der Waals surface area contributed by atoms with Gasteiger partial charge in [0.1, 0.15) is 0 Å². The third-order valence-electron chi connectivity index (χ3n) is 2.56. The second-order valence-electron chi connectivity index (χ2n) is 5.11. The number of sulfone groups is 1. The van der Waals surface area contributed by atoms with Gasteiger partial charge in [-0.1, -0.05) is 24.3 Å². The van der Waals surface area contributed by atoms with E-state index in [0.29, 0.717) is 12.6 Å². The number of hydrogen-bond donors (Lipinski definition) is 2. The van der Waals surface area contributed by atoms with E-state index in [0.717, 1.165) is 17.1 Å². The molecule has 5 nitrogen and oxygen atoms in total. The van der Waals surface area contributed by atoms with Crippen LogP contribution in [0.2, 0.25) is 0 Å². The lowest BCUT2D eigenvalue weighted by Crippen LogP contribution is -2.40. The molecule has 1 rings (SSSR count). The summed E-state index contributed by atoms with van der Waals surface area (Å²) >= 11 is 0. The Morgan fingerprint density at radius 3 is 2.14 bits per heavy atom. The third-order valence-corrected chi connectivity index (χ3v) is 3.42. The van der Waals surface area contributed by atoms with Crippen LogP contribution in [-0.4, -0.2) is 33.7 Å². The topological polar surface area (TPSA) is 70.6 Å². The number of benzene rings is 1. The van der Waals surface area contributed by atoms with Crippen LogP contribution in [0.25, 0.3) is 0 Å². The van der Waals surface area contributed by atoms with Gasteiger partial charge < -0.3 is 10.6 Å². The summed E-state index contributed by atoms with van der Waals surface area (Å²) in [5, 5.41) is 6.41. The summed E-state index contributed by atoms with van der Waals surface area (Å²) in [6, 6.07) is 7.86. The van der Waals surface area contributed by atoms with Crippen LogP contribution in [0, 0.1) is 0 Å². The number of hydrogen-bond acceptors (Lipinski definition) is 3. The molecule has 120 valence electrons. The molecule has 0 bridgehead atoms. The highest BCUT2D eigenvalue weighted by Crippen LogP contribution is 2.07. The molecule has 0 aromatic heterocycles. The Bertz CT molecular complexity index is 554. The lowest BCUT2D eigenvalue weighted by atomic mass is 10.1. The maximum Gasteiger partial charge on any atom is 0.191 e. The van der Waals surface area contributed by atoms with Crippen LogP contribution in [-0.2, 0) is 22.1 Å². The van der Waals surface area contributed by atoms with Gasteiger partial charge in [-0.25, -0.2) is 8.42 Å². The maximum atomic E-state index is 11.2. The summed E-state index contributed by atoms with van der Waals surface area (Å²) in [4.78, 5) is 4.12. The molecule has 0 heterocycles. The first-order chi connectivity index (χ1) is 9.30. The number of rotatable bonds is 5. The molecule has 0 spiro atoms. The van der Waals surface area contributed by atoms with Crippen molar-refractivity contribution in [3.05, 3.63) is 35.4 Å². The summed E-state index contributed by atoms with van der Waals surface area (Å²) in [6.07, 6.45) is 1.24. The second kappa shape index (κ2) is 9.24. The second-order valence-corrected chi connectivity index (χ2v) is 7.25. The number of halogens is 1. The van der Waals surface area contributed by atoms with E-state index in [9.17, 15) is 8.42 Å². The predicted molar refractivity (Wildman–Crippen MR) is 98.9 cm³/mol. The minimum atomic E-state index is -2.98. The monoisotopic (exact) mass is 425 g/mol. The minimum absolute atomic E-state index is 0. The smallest absolute Gasteiger partial charge is 0.191 e. The van der Waals surface area contributed by atoms with E-state index in [1.807, 2.05) is 38.1 Å². The van der Waals surface area contributed by atoms with E-state index in [2.05, 4.69) is 15.6 Å². The van der Waals surface area contributed by atoms with Gasteiger partial charge in [0.05, 0.1) is 5.75 Å². The first-order valence-corrected chi connectivity index (χ1v) is 8.59. The van der Waals surface area contributed by atoms with Gasteiger partial charge in [-0.05, 0) is 25.0 Å². The van der Waals surface area contributed by atoms with Crippen molar-refractivity contribution in [2.45, 2.75) is 32.2 Å². The molecule has 1 aromatic carbocycles. The highest BCUT2D eigenvalue weighted by Gasteiger charge is 2.04. The first kappa shape index (κ1) is 20.2. The molecule has 0 saturated heterocycles. The molecular formula is C14H24IN3O2S. The molecule has 2 N–H and O–H groups in total. The third kappa shape index (κ3) is 8.92. The molecule has 7 heteroatoms. The molecule has 0 saturated carbocycles. The van der Waals surface area contributed by atoms with Crippen LogP contribution in [0.3, 0.4) is 0 Å². The van der Waals surface area contributed by atoms with Gasteiger partial charge in [-0.3, -0.25) is 4.99 Å². The molecular weight excluding hydrogens is 401 g/mol.